The van der Waals surface area contributed by atoms with Crippen molar-refractivity contribution in [3.05, 3.63) is 131 Å². The smallest absolute Gasteiger partial charge is 0.264 e. The van der Waals surface area contributed by atoms with Gasteiger partial charge in [-0.15, -0.1) is 0 Å². The Hall–Kier alpha value is -4.21. The van der Waals surface area contributed by atoms with Gasteiger partial charge in [0.15, 0.2) is 0 Å². The van der Waals surface area contributed by atoms with Crippen molar-refractivity contribution in [3.63, 3.8) is 0 Å². The van der Waals surface area contributed by atoms with Crippen LogP contribution in [0.1, 0.15) is 43.2 Å². The fourth-order valence-electron chi connectivity index (χ4n) is 5.77. The zero-order chi connectivity index (χ0) is 32.5. The van der Waals surface area contributed by atoms with E-state index in [1.54, 1.807) is 54.6 Å². The van der Waals surface area contributed by atoms with Crippen LogP contribution in [0.15, 0.2) is 114 Å². The van der Waals surface area contributed by atoms with Gasteiger partial charge >= 0.3 is 0 Å². The lowest BCUT2D eigenvalue weighted by Crippen LogP contribution is -2.55. The van der Waals surface area contributed by atoms with E-state index in [1.165, 1.54) is 17.0 Å². The van der Waals surface area contributed by atoms with Gasteiger partial charge in [-0.1, -0.05) is 97.6 Å². The first-order valence-corrected chi connectivity index (χ1v) is 17.2. The molecule has 0 radical (unpaired) electrons. The van der Waals surface area contributed by atoms with Crippen molar-refractivity contribution in [3.8, 4) is 0 Å². The second-order valence-electron chi connectivity index (χ2n) is 11.5. The highest BCUT2D eigenvalue weighted by atomic mass is 35.5. The molecular formula is C36H37ClFN3O4S. The maximum Gasteiger partial charge on any atom is 0.264 e. The Kier molecular flexibility index (Phi) is 11.1. The number of hydrogen-bond donors (Lipinski definition) is 1. The zero-order valence-electron chi connectivity index (χ0n) is 25.4. The van der Waals surface area contributed by atoms with E-state index >= 15 is 0 Å². The van der Waals surface area contributed by atoms with Gasteiger partial charge in [0.2, 0.25) is 11.8 Å². The van der Waals surface area contributed by atoms with Crippen molar-refractivity contribution < 1.29 is 22.4 Å². The van der Waals surface area contributed by atoms with Crippen LogP contribution in [0.2, 0.25) is 5.02 Å². The molecule has 0 aromatic heterocycles. The van der Waals surface area contributed by atoms with Crippen molar-refractivity contribution >= 4 is 39.1 Å². The normalized spacial score (nSPS) is 14.3. The fourth-order valence-corrected chi connectivity index (χ4v) is 7.37. The lowest BCUT2D eigenvalue weighted by Gasteiger charge is -2.35. The molecule has 1 fully saturated rings. The number of para-hydroxylation sites is 1. The Labute approximate surface area is 275 Å². The Morgan fingerprint density at radius 3 is 2.09 bits per heavy atom. The van der Waals surface area contributed by atoms with Gasteiger partial charge in [0.05, 0.1) is 10.6 Å². The molecule has 1 aliphatic rings. The predicted molar refractivity (Wildman–Crippen MR) is 178 cm³/mol. The molecule has 0 aliphatic heterocycles. The monoisotopic (exact) mass is 661 g/mol. The summed E-state index contributed by atoms with van der Waals surface area (Å²) in [6.45, 7) is -0.622. The Morgan fingerprint density at radius 2 is 1.43 bits per heavy atom. The van der Waals surface area contributed by atoms with Crippen LogP contribution in [-0.2, 0) is 32.6 Å². The minimum Gasteiger partial charge on any atom is -0.352 e. The van der Waals surface area contributed by atoms with Crippen LogP contribution >= 0.6 is 11.6 Å². The average Bonchev–Trinajstić information content (AvgIpc) is 3.07. The minimum atomic E-state index is -4.32. The second-order valence-corrected chi connectivity index (χ2v) is 13.7. The van der Waals surface area contributed by atoms with E-state index in [0.717, 1.165) is 54.1 Å². The minimum absolute atomic E-state index is 0.00328. The molecule has 4 aromatic carbocycles. The van der Waals surface area contributed by atoms with Gasteiger partial charge in [-0.25, -0.2) is 12.8 Å². The number of rotatable bonds is 12. The summed E-state index contributed by atoms with van der Waals surface area (Å²) < 4.78 is 42.8. The number of benzene rings is 4. The van der Waals surface area contributed by atoms with E-state index in [4.69, 9.17) is 11.6 Å². The standard InChI is InChI=1S/C36H37ClFN3O4S/c37-33-19-11-10-14-28(33)25-40(34(24-27-12-4-1-5-13-27)36(43)39-30-15-6-2-7-16-30)35(42)26-41(31-17-8-3-9-18-31)46(44,45)32-22-20-29(38)21-23-32/h1,3-5,8-14,17-23,30,34H,2,6-7,15-16,24-26H2,(H,39,43)/t34-/m0/s1. The summed E-state index contributed by atoms with van der Waals surface area (Å²) in [6.07, 6.45) is 5.09. The Morgan fingerprint density at radius 1 is 0.826 bits per heavy atom. The van der Waals surface area contributed by atoms with E-state index in [1.807, 2.05) is 30.3 Å². The van der Waals surface area contributed by atoms with Crippen LogP contribution in [0.25, 0.3) is 0 Å². The molecular weight excluding hydrogens is 625 g/mol. The topological polar surface area (TPSA) is 86.8 Å². The lowest BCUT2D eigenvalue weighted by atomic mass is 9.94. The molecule has 46 heavy (non-hydrogen) atoms. The van der Waals surface area contributed by atoms with E-state index < -0.39 is 34.3 Å². The van der Waals surface area contributed by atoms with Crippen molar-refractivity contribution in [2.45, 2.75) is 62.0 Å². The molecule has 2 amide bonds. The van der Waals surface area contributed by atoms with Crippen LogP contribution in [0, 0.1) is 5.82 Å². The number of sulfonamides is 1. The first kappa shape index (κ1) is 33.2. The maximum atomic E-state index is 14.5. The van der Waals surface area contributed by atoms with E-state index in [0.29, 0.717) is 10.6 Å². The third-order valence-corrected chi connectivity index (χ3v) is 10.4. The average molecular weight is 662 g/mol. The van der Waals surface area contributed by atoms with Gasteiger partial charge in [0, 0.05) is 24.0 Å². The van der Waals surface area contributed by atoms with E-state index in [9.17, 15) is 22.4 Å². The molecule has 1 N–H and O–H groups in total. The Bertz CT molecular complexity index is 1720. The third kappa shape index (κ3) is 8.33. The van der Waals surface area contributed by atoms with Gasteiger partial charge < -0.3 is 10.2 Å². The number of amides is 2. The highest BCUT2D eigenvalue weighted by molar-refractivity contribution is 7.92. The van der Waals surface area contributed by atoms with Crippen LogP contribution in [0.4, 0.5) is 10.1 Å². The molecule has 240 valence electrons. The van der Waals surface area contributed by atoms with Crippen LogP contribution in [-0.4, -0.2) is 43.8 Å². The molecule has 7 nitrogen and oxygen atoms in total. The first-order valence-electron chi connectivity index (χ1n) is 15.4. The lowest BCUT2D eigenvalue weighted by molar-refractivity contribution is -0.140. The fraction of sp³-hybridized carbons (Fsp3) is 0.278. The number of anilines is 1. The highest BCUT2D eigenvalue weighted by Gasteiger charge is 2.35. The molecule has 1 saturated carbocycles. The van der Waals surface area contributed by atoms with Gasteiger partial charge in [0.1, 0.15) is 18.4 Å². The number of carbonyl (C=O) groups is 2. The molecule has 1 atom stereocenters. The number of hydrogen-bond acceptors (Lipinski definition) is 4. The molecule has 0 unspecified atom stereocenters. The van der Waals surface area contributed by atoms with Crippen LogP contribution < -0.4 is 9.62 Å². The van der Waals surface area contributed by atoms with Gasteiger partial charge in [-0.2, -0.15) is 0 Å². The molecule has 5 rings (SSSR count). The summed E-state index contributed by atoms with van der Waals surface area (Å²) in [5.41, 5.74) is 1.72. The van der Waals surface area contributed by atoms with Crippen molar-refractivity contribution in [1.29, 1.82) is 0 Å². The summed E-state index contributed by atoms with van der Waals surface area (Å²) >= 11 is 6.56. The number of carbonyl (C=O) groups excluding carboxylic acids is 2. The summed E-state index contributed by atoms with van der Waals surface area (Å²) in [6, 6.07) is 28.3. The van der Waals surface area contributed by atoms with Gasteiger partial charge in [0.25, 0.3) is 10.0 Å². The first-order chi connectivity index (χ1) is 22.2. The van der Waals surface area contributed by atoms with E-state index in [2.05, 4.69) is 5.32 Å². The van der Waals surface area contributed by atoms with E-state index in [-0.39, 0.29) is 35.5 Å². The highest BCUT2D eigenvalue weighted by Crippen LogP contribution is 2.26. The summed E-state index contributed by atoms with van der Waals surface area (Å²) in [7, 11) is -4.32. The third-order valence-electron chi connectivity index (χ3n) is 8.25. The Balaban J connectivity index is 1.55. The predicted octanol–water partition coefficient (Wildman–Crippen LogP) is 6.76. The molecule has 1 aliphatic carbocycles. The molecule has 10 heteroatoms. The molecule has 0 heterocycles. The second kappa shape index (κ2) is 15.4. The summed E-state index contributed by atoms with van der Waals surface area (Å²) in [5.74, 6) is -1.47. The SMILES string of the molecule is O=C(NC1CCCCC1)[C@H](Cc1ccccc1)N(Cc1ccccc1Cl)C(=O)CN(c1ccccc1)S(=O)(=O)c1ccc(F)cc1. The van der Waals surface area contributed by atoms with Crippen molar-refractivity contribution in [2.24, 2.45) is 0 Å². The molecule has 0 saturated heterocycles. The number of nitrogens with zero attached hydrogens (tertiary/aromatic N) is 2. The van der Waals surface area contributed by atoms with Crippen molar-refractivity contribution in [1.82, 2.24) is 10.2 Å². The van der Waals surface area contributed by atoms with Crippen molar-refractivity contribution in [2.75, 3.05) is 10.8 Å². The van der Waals surface area contributed by atoms with Crippen LogP contribution in [0.5, 0.6) is 0 Å². The zero-order valence-corrected chi connectivity index (χ0v) is 27.0. The number of nitrogens with one attached hydrogen (secondary N) is 1. The maximum absolute atomic E-state index is 14.5. The van der Waals surface area contributed by atoms with Gasteiger partial charge in [-0.05, 0) is 66.4 Å². The molecule has 4 aromatic rings. The summed E-state index contributed by atoms with van der Waals surface area (Å²) in [5, 5.41) is 3.61. The summed E-state index contributed by atoms with van der Waals surface area (Å²) in [4.78, 5) is 29.9. The van der Waals surface area contributed by atoms with Gasteiger partial charge in [-0.3, -0.25) is 13.9 Å². The number of halogens is 2. The quantitative estimate of drug-likeness (QED) is 0.182. The molecule has 0 spiro atoms. The largest absolute Gasteiger partial charge is 0.352 e. The van der Waals surface area contributed by atoms with Crippen LogP contribution in [0.3, 0.4) is 0 Å². The molecule has 0 bridgehead atoms.